The number of amides is 1. The maximum atomic E-state index is 13.5. The number of aryl methyl sites for hydroxylation is 1. The van der Waals surface area contributed by atoms with Crippen molar-refractivity contribution in [2.45, 2.75) is 24.8 Å². The van der Waals surface area contributed by atoms with Crippen LogP contribution in [0.15, 0.2) is 53.4 Å². The second-order valence-corrected chi connectivity index (χ2v) is 6.22. The minimum Gasteiger partial charge on any atom is -0.452 e. The topological polar surface area (TPSA) is 55.4 Å². The smallest absolute Gasteiger partial charge is 0.317 e. The molecule has 4 nitrogen and oxygen atoms in total. The van der Waals surface area contributed by atoms with Gasteiger partial charge in [0, 0.05) is 10.6 Å². The average Bonchev–Trinajstić information content (AvgIpc) is 2.56. The fourth-order valence-corrected chi connectivity index (χ4v) is 2.59. The second-order valence-electron chi connectivity index (χ2n) is 5.21. The molecule has 0 spiro atoms. The minimum atomic E-state index is -0.931. The normalized spacial score (nSPS) is 11.6. The highest BCUT2D eigenvalue weighted by molar-refractivity contribution is 8.00. The number of anilines is 1. The first-order valence-corrected chi connectivity index (χ1v) is 8.38. The van der Waals surface area contributed by atoms with E-state index in [1.54, 1.807) is 30.3 Å². The van der Waals surface area contributed by atoms with Crippen molar-refractivity contribution >= 4 is 29.3 Å². The molecule has 1 N–H and O–H groups in total. The number of carbonyl (C=O) groups is 2. The fourth-order valence-electron chi connectivity index (χ4n) is 1.86. The Labute approximate surface area is 144 Å². The van der Waals surface area contributed by atoms with E-state index in [2.05, 4.69) is 5.32 Å². The quantitative estimate of drug-likeness (QED) is 0.638. The molecule has 0 aromatic heterocycles. The molecule has 1 amide bonds. The molecular formula is C18H18FNO3S. The summed E-state index contributed by atoms with van der Waals surface area (Å²) in [5.41, 5.74) is 1.71. The number of carbonyl (C=O) groups excluding carboxylic acids is 2. The van der Waals surface area contributed by atoms with Crippen molar-refractivity contribution in [3.8, 4) is 0 Å². The number of nitrogens with one attached hydrogen (secondary N) is 1. The summed E-state index contributed by atoms with van der Waals surface area (Å²) in [7, 11) is 0. The Kier molecular flexibility index (Phi) is 6.37. The number of rotatable bonds is 6. The molecular weight excluding hydrogens is 329 g/mol. The standard InChI is InChI=1S/C18H18FNO3S/c1-12-7-9-14(10-8-12)20-18(22)13(2)23-17(21)11-24-16-6-4-3-5-15(16)19/h3-10,13H,11H2,1-2H3,(H,20,22)/t13-/m1/s1. The van der Waals surface area contributed by atoms with Gasteiger partial charge in [0.05, 0.1) is 5.75 Å². The number of hydrogen-bond acceptors (Lipinski definition) is 4. The van der Waals surface area contributed by atoms with Crippen LogP contribution in [-0.2, 0) is 14.3 Å². The van der Waals surface area contributed by atoms with Crippen molar-refractivity contribution in [2.24, 2.45) is 0 Å². The summed E-state index contributed by atoms with van der Waals surface area (Å²) in [5.74, 6) is -1.44. The van der Waals surface area contributed by atoms with E-state index < -0.39 is 18.0 Å². The van der Waals surface area contributed by atoms with E-state index in [1.807, 2.05) is 19.1 Å². The van der Waals surface area contributed by atoms with E-state index in [1.165, 1.54) is 13.0 Å². The van der Waals surface area contributed by atoms with Gasteiger partial charge in [0.1, 0.15) is 5.82 Å². The molecule has 0 heterocycles. The number of ether oxygens (including phenoxy) is 1. The molecule has 126 valence electrons. The number of thioether (sulfide) groups is 1. The van der Waals surface area contributed by atoms with Crippen LogP contribution in [0.5, 0.6) is 0 Å². The maximum absolute atomic E-state index is 13.5. The minimum absolute atomic E-state index is 0.0664. The Hall–Kier alpha value is -2.34. The van der Waals surface area contributed by atoms with Crippen LogP contribution in [0.2, 0.25) is 0 Å². The van der Waals surface area contributed by atoms with Crippen LogP contribution in [0.3, 0.4) is 0 Å². The summed E-state index contributed by atoms with van der Waals surface area (Å²) >= 11 is 1.03. The molecule has 0 aliphatic rings. The Balaban J connectivity index is 1.81. The summed E-state index contributed by atoms with van der Waals surface area (Å²) in [6, 6.07) is 13.5. The summed E-state index contributed by atoms with van der Waals surface area (Å²) < 4.78 is 18.5. The Morgan fingerprint density at radius 3 is 2.50 bits per heavy atom. The monoisotopic (exact) mass is 347 g/mol. The third kappa shape index (κ3) is 5.38. The zero-order valence-corrected chi connectivity index (χ0v) is 14.2. The first kappa shape index (κ1) is 18.0. The van der Waals surface area contributed by atoms with Crippen LogP contribution in [0.4, 0.5) is 10.1 Å². The van der Waals surface area contributed by atoms with Crippen molar-refractivity contribution in [1.29, 1.82) is 0 Å². The number of hydrogen-bond donors (Lipinski definition) is 1. The van der Waals surface area contributed by atoms with Gasteiger partial charge in [-0.2, -0.15) is 0 Å². The fraction of sp³-hybridized carbons (Fsp3) is 0.222. The highest BCUT2D eigenvalue weighted by atomic mass is 32.2. The molecule has 0 aliphatic carbocycles. The van der Waals surface area contributed by atoms with E-state index in [9.17, 15) is 14.0 Å². The molecule has 2 aromatic carbocycles. The summed E-state index contributed by atoms with van der Waals surface area (Å²) in [5, 5.41) is 2.67. The summed E-state index contributed by atoms with van der Waals surface area (Å²) in [6.45, 7) is 3.44. The van der Waals surface area contributed by atoms with Gasteiger partial charge in [-0.15, -0.1) is 11.8 Å². The van der Waals surface area contributed by atoms with Gasteiger partial charge in [-0.1, -0.05) is 29.8 Å². The number of benzene rings is 2. The van der Waals surface area contributed by atoms with Crippen LogP contribution in [0.25, 0.3) is 0 Å². The molecule has 0 bridgehead atoms. The van der Waals surface area contributed by atoms with Crippen molar-refractivity contribution < 1.29 is 18.7 Å². The van der Waals surface area contributed by atoms with Crippen LogP contribution in [-0.4, -0.2) is 23.7 Å². The van der Waals surface area contributed by atoms with Gasteiger partial charge in [-0.25, -0.2) is 4.39 Å². The molecule has 1 atom stereocenters. The van der Waals surface area contributed by atoms with Crippen LogP contribution < -0.4 is 5.32 Å². The lowest BCUT2D eigenvalue weighted by Crippen LogP contribution is -2.30. The van der Waals surface area contributed by atoms with E-state index in [0.717, 1.165) is 17.3 Å². The number of halogens is 1. The molecule has 0 saturated heterocycles. The molecule has 0 radical (unpaired) electrons. The van der Waals surface area contributed by atoms with Crippen molar-refractivity contribution in [3.05, 3.63) is 59.9 Å². The number of esters is 1. The first-order valence-electron chi connectivity index (χ1n) is 7.40. The molecule has 2 aromatic rings. The lowest BCUT2D eigenvalue weighted by atomic mass is 10.2. The van der Waals surface area contributed by atoms with Gasteiger partial charge >= 0.3 is 5.97 Å². The SMILES string of the molecule is Cc1ccc(NC(=O)[C@@H](C)OC(=O)CSc2ccccc2F)cc1. The van der Waals surface area contributed by atoms with Crippen LogP contribution >= 0.6 is 11.8 Å². The molecule has 0 unspecified atom stereocenters. The predicted octanol–water partition coefficient (Wildman–Crippen LogP) is 3.80. The molecule has 24 heavy (non-hydrogen) atoms. The lowest BCUT2D eigenvalue weighted by molar-refractivity contribution is -0.150. The van der Waals surface area contributed by atoms with E-state index in [0.29, 0.717) is 10.6 Å². The van der Waals surface area contributed by atoms with Gasteiger partial charge in [0.25, 0.3) is 5.91 Å². The molecule has 0 fully saturated rings. The Morgan fingerprint density at radius 2 is 1.83 bits per heavy atom. The van der Waals surface area contributed by atoms with E-state index in [4.69, 9.17) is 4.74 Å². The highest BCUT2D eigenvalue weighted by Gasteiger charge is 2.18. The lowest BCUT2D eigenvalue weighted by Gasteiger charge is -2.13. The van der Waals surface area contributed by atoms with Crippen molar-refractivity contribution in [1.82, 2.24) is 0 Å². The maximum Gasteiger partial charge on any atom is 0.317 e. The molecule has 2 rings (SSSR count). The van der Waals surface area contributed by atoms with E-state index in [-0.39, 0.29) is 11.6 Å². The molecule has 0 aliphatic heterocycles. The van der Waals surface area contributed by atoms with E-state index >= 15 is 0 Å². The van der Waals surface area contributed by atoms with Gasteiger partial charge in [-0.3, -0.25) is 9.59 Å². The zero-order valence-electron chi connectivity index (χ0n) is 13.4. The van der Waals surface area contributed by atoms with Gasteiger partial charge in [-0.05, 0) is 38.1 Å². The van der Waals surface area contributed by atoms with Gasteiger partial charge < -0.3 is 10.1 Å². The zero-order chi connectivity index (χ0) is 17.5. The molecule has 6 heteroatoms. The van der Waals surface area contributed by atoms with Gasteiger partial charge in [0.15, 0.2) is 6.10 Å². The first-order chi connectivity index (χ1) is 11.5. The summed E-state index contributed by atoms with van der Waals surface area (Å²) in [4.78, 5) is 24.2. The Morgan fingerprint density at radius 1 is 1.17 bits per heavy atom. The second kappa shape index (κ2) is 8.49. The predicted molar refractivity (Wildman–Crippen MR) is 92.5 cm³/mol. The van der Waals surface area contributed by atoms with Crippen LogP contribution in [0, 0.1) is 12.7 Å². The van der Waals surface area contributed by atoms with Crippen molar-refractivity contribution in [2.75, 3.05) is 11.1 Å². The largest absolute Gasteiger partial charge is 0.452 e. The highest BCUT2D eigenvalue weighted by Crippen LogP contribution is 2.21. The third-order valence-electron chi connectivity index (χ3n) is 3.18. The molecule has 0 saturated carbocycles. The average molecular weight is 347 g/mol. The van der Waals surface area contributed by atoms with Gasteiger partial charge in [0.2, 0.25) is 0 Å². The van der Waals surface area contributed by atoms with Crippen molar-refractivity contribution in [3.63, 3.8) is 0 Å². The van der Waals surface area contributed by atoms with Crippen LogP contribution in [0.1, 0.15) is 12.5 Å². The Bertz CT molecular complexity index is 718. The summed E-state index contributed by atoms with van der Waals surface area (Å²) in [6.07, 6.45) is -0.931. The third-order valence-corrected chi connectivity index (χ3v) is 4.20.